The molecule has 3 rings (SSSR count). The molecule has 0 N–H and O–H groups in total. The summed E-state index contributed by atoms with van der Waals surface area (Å²) in [5, 5.41) is 0.914. The van der Waals surface area contributed by atoms with Crippen LogP contribution in [0.5, 0.6) is 0 Å². The van der Waals surface area contributed by atoms with Crippen LogP contribution < -0.4 is 0 Å². The van der Waals surface area contributed by atoms with E-state index in [-0.39, 0.29) is 0 Å². The molecule has 0 spiro atoms. The summed E-state index contributed by atoms with van der Waals surface area (Å²) in [5.74, 6) is 1.20. The van der Waals surface area contributed by atoms with E-state index in [2.05, 4.69) is 51.8 Å². The fourth-order valence-electron chi connectivity index (χ4n) is 2.62. The van der Waals surface area contributed by atoms with Gasteiger partial charge in [0.15, 0.2) is 0 Å². The SMILES string of the molecule is c1ccc(-c2cn(CCSC3CCCC3)cn2)cc1. The van der Waals surface area contributed by atoms with E-state index in [0.717, 1.165) is 17.5 Å². The van der Waals surface area contributed by atoms with Crippen molar-refractivity contribution in [3.8, 4) is 11.3 Å². The molecule has 0 aliphatic heterocycles. The van der Waals surface area contributed by atoms with E-state index in [1.165, 1.54) is 37.0 Å². The van der Waals surface area contributed by atoms with E-state index in [1.807, 2.05) is 12.4 Å². The first-order valence-corrected chi connectivity index (χ1v) is 8.15. The van der Waals surface area contributed by atoms with Gasteiger partial charge in [0.2, 0.25) is 0 Å². The molecule has 0 radical (unpaired) electrons. The molecule has 1 aliphatic carbocycles. The van der Waals surface area contributed by atoms with Gasteiger partial charge < -0.3 is 4.57 Å². The third-order valence-corrected chi connectivity index (χ3v) is 5.07. The lowest BCUT2D eigenvalue weighted by Gasteiger charge is -2.08. The zero-order valence-electron chi connectivity index (χ0n) is 11.2. The summed E-state index contributed by atoms with van der Waals surface area (Å²) in [6.45, 7) is 1.07. The number of benzene rings is 1. The summed E-state index contributed by atoms with van der Waals surface area (Å²) in [7, 11) is 0. The van der Waals surface area contributed by atoms with E-state index >= 15 is 0 Å². The van der Waals surface area contributed by atoms with Gasteiger partial charge in [-0.3, -0.25) is 0 Å². The Balaban J connectivity index is 1.53. The Kier molecular flexibility index (Phi) is 4.23. The predicted octanol–water partition coefficient (Wildman–Crippen LogP) is 4.23. The molecule has 0 bridgehead atoms. The van der Waals surface area contributed by atoms with Crippen LogP contribution in [0.1, 0.15) is 25.7 Å². The molecular weight excluding hydrogens is 252 g/mol. The number of rotatable bonds is 5. The molecule has 0 amide bonds. The molecule has 2 aromatic rings. The molecule has 1 saturated carbocycles. The minimum Gasteiger partial charge on any atom is -0.336 e. The topological polar surface area (TPSA) is 17.8 Å². The molecule has 1 aromatic heterocycles. The third kappa shape index (κ3) is 3.41. The maximum Gasteiger partial charge on any atom is 0.0954 e. The van der Waals surface area contributed by atoms with Crippen LogP contribution in [0.3, 0.4) is 0 Å². The smallest absolute Gasteiger partial charge is 0.0954 e. The average molecular weight is 272 g/mol. The predicted molar refractivity (Wildman–Crippen MR) is 82.4 cm³/mol. The second-order valence-electron chi connectivity index (χ2n) is 5.14. The molecular formula is C16H20N2S. The first-order chi connectivity index (χ1) is 9.42. The van der Waals surface area contributed by atoms with E-state index in [9.17, 15) is 0 Å². The van der Waals surface area contributed by atoms with Crippen LogP contribution in [0.25, 0.3) is 11.3 Å². The summed E-state index contributed by atoms with van der Waals surface area (Å²) in [6.07, 6.45) is 9.82. The Morgan fingerprint density at radius 1 is 1.16 bits per heavy atom. The number of hydrogen-bond donors (Lipinski definition) is 0. The number of imidazole rings is 1. The first-order valence-electron chi connectivity index (χ1n) is 7.10. The van der Waals surface area contributed by atoms with Crippen LogP contribution in [-0.2, 0) is 6.54 Å². The molecule has 1 aliphatic rings. The van der Waals surface area contributed by atoms with Gasteiger partial charge in [-0.2, -0.15) is 11.8 Å². The summed E-state index contributed by atoms with van der Waals surface area (Å²) in [5.41, 5.74) is 2.27. The van der Waals surface area contributed by atoms with Crippen molar-refractivity contribution in [1.82, 2.24) is 9.55 Å². The standard InChI is InChI=1S/C16H20N2S/c1-2-6-14(7-3-1)16-12-18(13-17-16)10-11-19-15-8-4-5-9-15/h1-3,6-7,12-13,15H,4-5,8-11H2. The highest BCUT2D eigenvalue weighted by Crippen LogP contribution is 2.29. The van der Waals surface area contributed by atoms with Gasteiger partial charge in [-0.15, -0.1) is 0 Å². The van der Waals surface area contributed by atoms with Gasteiger partial charge in [0.05, 0.1) is 12.0 Å². The highest BCUT2D eigenvalue weighted by molar-refractivity contribution is 7.99. The molecule has 3 heteroatoms. The van der Waals surface area contributed by atoms with Crippen molar-refractivity contribution in [3.63, 3.8) is 0 Å². The third-order valence-electron chi connectivity index (χ3n) is 3.71. The van der Waals surface area contributed by atoms with Crippen molar-refractivity contribution in [2.75, 3.05) is 5.75 Å². The molecule has 1 aromatic carbocycles. The molecule has 2 nitrogen and oxygen atoms in total. The summed E-state index contributed by atoms with van der Waals surface area (Å²) in [4.78, 5) is 4.49. The zero-order chi connectivity index (χ0) is 12.9. The van der Waals surface area contributed by atoms with E-state index < -0.39 is 0 Å². The summed E-state index contributed by atoms with van der Waals surface area (Å²) >= 11 is 2.14. The number of aryl methyl sites for hydroxylation is 1. The highest BCUT2D eigenvalue weighted by atomic mass is 32.2. The monoisotopic (exact) mass is 272 g/mol. The maximum absolute atomic E-state index is 4.49. The van der Waals surface area contributed by atoms with Gasteiger partial charge in [-0.05, 0) is 12.8 Å². The number of hydrogen-bond acceptors (Lipinski definition) is 2. The minimum atomic E-state index is 0.914. The quantitative estimate of drug-likeness (QED) is 0.810. The Bertz CT molecular complexity index is 500. The molecule has 1 heterocycles. The second-order valence-corrected chi connectivity index (χ2v) is 6.55. The van der Waals surface area contributed by atoms with Crippen LogP contribution in [0.15, 0.2) is 42.9 Å². The van der Waals surface area contributed by atoms with E-state index in [4.69, 9.17) is 0 Å². The second kappa shape index (κ2) is 6.29. The highest BCUT2D eigenvalue weighted by Gasteiger charge is 2.14. The number of aromatic nitrogens is 2. The van der Waals surface area contributed by atoms with Gasteiger partial charge in [-0.25, -0.2) is 4.98 Å². The van der Waals surface area contributed by atoms with Crippen molar-refractivity contribution in [2.24, 2.45) is 0 Å². The van der Waals surface area contributed by atoms with Crippen molar-refractivity contribution < 1.29 is 0 Å². The molecule has 19 heavy (non-hydrogen) atoms. The fraction of sp³-hybridized carbons (Fsp3) is 0.438. The Morgan fingerprint density at radius 2 is 1.95 bits per heavy atom. The first kappa shape index (κ1) is 12.8. The van der Waals surface area contributed by atoms with Crippen LogP contribution in [0, 0.1) is 0 Å². The Morgan fingerprint density at radius 3 is 2.74 bits per heavy atom. The Hall–Kier alpha value is -1.22. The normalized spacial score (nSPS) is 16.0. The van der Waals surface area contributed by atoms with E-state index in [1.54, 1.807) is 0 Å². The Labute approximate surface area is 119 Å². The van der Waals surface area contributed by atoms with Gasteiger partial charge in [0, 0.05) is 29.3 Å². The molecule has 0 atom stereocenters. The number of nitrogens with zero attached hydrogens (tertiary/aromatic N) is 2. The van der Waals surface area contributed by atoms with Gasteiger partial charge in [0.25, 0.3) is 0 Å². The van der Waals surface area contributed by atoms with Gasteiger partial charge >= 0.3 is 0 Å². The molecule has 100 valence electrons. The van der Waals surface area contributed by atoms with Crippen molar-refractivity contribution in [1.29, 1.82) is 0 Å². The van der Waals surface area contributed by atoms with Crippen molar-refractivity contribution in [2.45, 2.75) is 37.5 Å². The van der Waals surface area contributed by atoms with Gasteiger partial charge in [-0.1, -0.05) is 43.2 Å². The fourth-order valence-corrected chi connectivity index (χ4v) is 3.94. The lowest BCUT2D eigenvalue weighted by molar-refractivity contribution is 0.766. The van der Waals surface area contributed by atoms with E-state index in [0.29, 0.717) is 0 Å². The lowest BCUT2D eigenvalue weighted by atomic mass is 10.2. The molecule has 1 fully saturated rings. The molecule has 0 unspecified atom stereocenters. The average Bonchev–Trinajstić information content (AvgIpc) is 3.11. The number of thioether (sulfide) groups is 1. The molecule has 0 saturated heterocycles. The minimum absolute atomic E-state index is 0.914. The summed E-state index contributed by atoms with van der Waals surface area (Å²) < 4.78 is 2.21. The van der Waals surface area contributed by atoms with Gasteiger partial charge in [0.1, 0.15) is 0 Å². The van der Waals surface area contributed by atoms with Crippen LogP contribution >= 0.6 is 11.8 Å². The maximum atomic E-state index is 4.49. The summed E-state index contributed by atoms with van der Waals surface area (Å²) in [6, 6.07) is 10.4. The van der Waals surface area contributed by atoms with Crippen molar-refractivity contribution in [3.05, 3.63) is 42.9 Å². The van der Waals surface area contributed by atoms with Crippen LogP contribution in [0.2, 0.25) is 0 Å². The van der Waals surface area contributed by atoms with Crippen molar-refractivity contribution >= 4 is 11.8 Å². The lowest BCUT2D eigenvalue weighted by Crippen LogP contribution is -2.02. The van der Waals surface area contributed by atoms with Crippen LogP contribution in [0.4, 0.5) is 0 Å². The van der Waals surface area contributed by atoms with Crippen LogP contribution in [-0.4, -0.2) is 20.6 Å². The largest absolute Gasteiger partial charge is 0.336 e. The zero-order valence-corrected chi connectivity index (χ0v) is 12.0.